The van der Waals surface area contributed by atoms with E-state index in [2.05, 4.69) is 10.2 Å². The second-order valence-electron chi connectivity index (χ2n) is 10.7. The van der Waals surface area contributed by atoms with E-state index in [9.17, 15) is 19.2 Å². The fourth-order valence-corrected chi connectivity index (χ4v) is 5.90. The van der Waals surface area contributed by atoms with Crippen LogP contribution in [-0.4, -0.2) is 84.6 Å². The summed E-state index contributed by atoms with van der Waals surface area (Å²) in [4.78, 5) is 57.0. The zero-order valence-corrected chi connectivity index (χ0v) is 23.1. The van der Waals surface area contributed by atoms with Crippen LogP contribution in [0.5, 0.6) is 0 Å². The van der Waals surface area contributed by atoms with Gasteiger partial charge in [0.15, 0.2) is 0 Å². The molecule has 0 bridgehead atoms. The summed E-state index contributed by atoms with van der Waals surface area (Å²) in [5.74, 6) is -0.951. The smallest absolute Gasteiger partial charge is 0.261 e. The molecule has 208 valence electrons. The summed E-state index contributed by atoms with van der Waals surface area (Å²) in [7, 11) is 1.99. The molecule has 0 saturated carbocycles. The Hall–Kier alpha value is -4.40. The molecule has 1 N–H and O–H groups in total. The number of amides is 4. The van der Waals surface area contributed by atoms with Crippen LogP contribution in [0.25, 0.3) is 21.5 Å². The molecule has 0 aliphatic carbocycles. The Kier molecular flexibility index (Phi) is 7.34. The first-order chi connectivity index (χ1) is 20.0. The number of carbonyl (C=O) groups is 4. The molecule has 0 spiro atoms. The number of imide groups is 2. The molecule has 0 aromatic heterocycles. The van der Waals surface area contributed by atoms with Crippen molar-refractivity contribution in [3.63, 3.8) is 0 Å². The van der Waals surface area contributed by atoms with Gasteiger partial charge in [-0.1, -0.05) is 48.5 Å². The lowest BCUT2D eigenvalue weighted by atomic mass is 9.94. The maximum Gasteiger partial charge on any atom is 0.261 e. The van der Waals surface area contributed by atoms with Gasteiger partial charge >= 0.3 is 0 Å². The van der Waals surface area contributed by atoms with Crippen LogP contribution >= 0.6 is 0 Å². The zero-order chi connectivity index (χ0) is 28.5. The highest BCUT2D eigenvalue weighted by Gasteiger charge is 2.33. The lowest BCUT2D eigenvalue weighted by Gasteiger charge is -2.29. The topological polar surface area (TPSA) is 90.0 Å². The highest BCUT2D eigenvalue weighted by atomic mass is 16.2. The van der Waals surface area contributed by atoms with Crippen LogP contribution < -0.4 is 5.32 Å². The highest BCUT2D eigenvalue weighted by molar-refractivity contribution is 6.26. The zero-order valence-electron chi connectivity index (χ0n) is 23.1. The van der Waals surface area contributed by atoms with E-state index in [1.54, 1.807) is 24.3 Å². The Bertz CT molecular complexity index is 1600. The number of carbonyl (C=O) groups excluding carboxylic acids is 4. The lowest BCUT2D eigenvalue weighted by Crippen LogP contribution is -2.44. The Morgan fingerprint density at radius 3 is 1.46 bits per heavy atom. The number of nitrogens with zero attached hydrogens (tertiary/aromatic N) is 3. The molecule has 2 heterocycles. The number of unbranched alkanes of at least 4 members (excludes halogenated alkanes) is 1. The minimum absolute atomic E-state index is 0.234. The molecule has 0 unspecified atom stereocenters. The summed E-state index contributed by atoms with van der Waals surface area (Å²) in [6.45, 7) is 3.37. The van der Waals surface area contributed by atoms with Crippen molar-refractivity contribution in [1.29, 1.82) is 0 Å². The molecule has 0 saturated heterocycles. The van der Waals surface area contributed by atoms with Crippen molar-refractivity contribution in [2.24, 2.45) is 0 Å². The second kappa shape index (κ2) is 11.2. The first-order valence-electron chi connectivity index (χ1n) is 14.1. The second-order valence-corrected chi connectivity index (χ2v) is 10.7. The van der Waals surface area contributed by atoms with Gasteiger partial charge < -0.3 is 10.2 Å². The standard InChI is InChI=1S/C33H32N4O4/c1-35(20-21-37-32(40)26-14-6-10-23-11-7-15-27(29(23)26)33(37)41)18-3-2-16-34-17-19-36-30(38)24-12-4-8-22-9-5-13-25(28(22)24)31(36)39/h4-15,34H,2-3,16-21H2,1H3. The van der Waals surface area contributed by atoms with Gasteiger partial charge in [-0.3, -0.25) is 29.0 Å². The van der Waals surface area contributed by atoms with E-state index in [4.69, 9.17) is 0 Å². The third kappa shape index (κ3) is 4.90. The average molecular weight is 549 g/mol. The number of hydrogen-bond donors (Lipinski definition) is 1. The Morgan fingerprint density at radius 2 is 1.00 bits per heavy atom. The van der Waals surface area contributed by atoms with E-state index in [0.717, 1.165) is 47.5 Å². The third-order valence-electron chi connectivity index (χ3n) is 8.07. The number of hydrogen-bond acceptors (Lipinski definition) is 6. The summed E-state index contributed by atoms with van der Waals surface area (Å²) in [5, 5.41) is 6.65. The van der Waals surface area contributed by atoms with Crippen molar-refractivity contribution < 1.29 is 19.2 Å². The van der Waals surface area contributed by atoms with Gasteiger partial charge in [0, 0.05) is 59.2 Å². The monoisotopic (exact) mass is 548 g/mol. The van der Waals surface area contributed by atoms with Crippen molar-refractivity contribution in [2.75, 3.05) is 46.3 Å². The van der Waals surface area contributed by atoms with Crippen LogP contribution in [0.1, 0.15) is 54.3 Å². The third-order valence-corrected chi connectivity index (χ3v) is 8.07. The van der Waals surface area contributed by atoms with Crippen molar-refractivity contribution >= 4 is 45.2 Å². The SMILES string of the molecule is CN(CCCCNCCN1C(=O)c2cccc3cccc(c23)C1=O)CCN1C(=O)c2cccc3cccc(c23)C1=O. The van der Waals surface area contributed by atoms with Gasteiger partial charge in [-0.25, -0.2) is 0 Å². The molecule has 0 atom stereocenters. The first-order valence-corrected chi connectivity index (χ1v) is 14.1. The molecule has 8 heteroatoms. The van der Waals surface area contributed by atoms with Gasteiger partial charge in [-0.2, -0.15) is 0 Å². The van der Waals surface area contributed by atoms with Crippen LogP contribution in [0.4, 0.5) is 0 Å². The van der Waals surface area contributed by atoms with Crippen molar-refractivity contribution in [2.45, 2.75) is 12.8 Å². The van der Waals surface area contributed by atoms with Crippen LogP contribution in [0.2, 0.25) is 0 Å². The van der Waals surface area contributed by atoms with Gasteiger partial charge in [0.2, 0.25) is 0 Å². The largest absolute Gasteiger partial charge is 0.315 e. The predicted molar refractivity (Wildman–Crippen MR) is 158 cm³/mol. The number of likely N-dealkylation sites (N-methyl/N-ethyl adjacent to an activating group) is 1. The van der Waals surface area contributed by atoms with Crippen LogP contribution in [-0.2, 0) is 0 Å². The van der Waals surface area contributed by atoms with E-state index in [1.165, 1.54) is 9.80 Å². The lowest BCUT2D eigenvalue weighted by molar-refractivity contribution is 0.0587. The molecule has 8 nitrogen and oxygen atoms in total. The van der Waals surface area contributed by atoms with Crippen LogP contribution in [0, 0.1) is 0 Å². The molecule has 6 rings (SSSR count). The van der Waals surface area contributed by atoms with E-state index < -0.39 is 0 Å². The minimum atomic E-state index is -0.242. The van der Waals surface area contributed by atoms with E-state index in [1.807, 2.05) is 55.6 Å². The molecular formula is C33H32N4O4. The van der Waals surface area contributed by atoms with Gasteiger partial charge in [0.25, 0.3) is 23.6 Å². The van der Waals surface area contributed by atoms with Crippen molar-refractivity contribution in [1.82, 2.24) is 20.0 Å². The van der Waals surface area contributed by atoms with Gasteiger partial charge in [-0.05, 0) is 68.0 Å². The van der Waals surface area contributed by atoms with E-state index >= 15 is 0 Å². The fourth-order valence-electron chi connectivity index (χ4n) is 5.90. The summed E-state index contributed by atoms with van der Waals surface area (Å²) < 4.78 is 0. The van der Waals surface area contributed by atoms with E-state index in [0.29, 0.717) is 48.4 Å². The molecule has 2 aliphatic heterocycles. The minimum Gasteiger partial charge on any atom is -0.315 e. The predicted octanol–water partition coefficient (Wildman–Crippen LogP) is 4.19. The number of benzene rings is 4. The average Bonchev–Trinajstić information content (AvgIpc) is 2.99. The van der Waals surface area contributed by atoms with E-state index in [-0.39, 0.29) is 23.6 Å². The normalized spacial score (nSPS) is 14.7. The van der Waals surface area contributed by atoms with Gasteiger partial charge in [0.05, 0.1) is 0 Å². The summed E-state index contributed by atoms with van der Waals surface area (Å²) in [6.07, 6.45) is 1.86. The Balaban J connectivity index is 0.928. The Labute approximate surface area is 238 Å². The molecule has 2 aliphatic rings. The fraction of sp³-hybridized carbons (Fsp3) is 0.273. The maximum atomic E-state index is 13.1. The van der Waals surface area contributed by atoms with Crippen LogP contribution in [0.15, 0.2) is 72.8 Å². The highest BCUT2D eigenvalue weighted by Crippen LogP contribution is 2.31. The molecule has 0 radical (unpaired) electrons. The van der Waals surface area contributed by atoms with Gasteiger partial charge in [-0.15, -0.1) is 0 Å². The van der Waals surface area contributed by atoms with Crippen LogP contribution in [0.3, 0.4) is 0 Å². The maximum absolute atomic E-state index is 13.1. The molecular weight excluding hydrogens is 516 g/mol. The summed E-state index contributed by atoms with van der Waals surface area (Å²) >= 11 is 0. The molecule has 4 aromatic rings. The quantitative estimate of drug-likeness (QED) is 0.223. The number of rotatable bonds is 11. The van der Waals surface area contributed by atoms with Crippen molar-refractivity contribution in [3.05, 3.63) is 95.1 Å². The molecule has 41 heavy (non-hydrogen) atoms. The van der Waals surface area contributed by atoms with Crippen molar-refractivity contribution in [3.8, 4) is 0 Å². The Morgan fingerprint density at radius 1 is 0.561 bits per heavy atom. The van der Waals surface area contributed by atoms with Gasteiger partial charge in [0.1, 0.15) is 0 Å². The molecule has 4 amide bonds. The molecule has 0 fully saturated rings. The first kappa shape index (κ1) is 26.8. The summed E-state index contributed by atoms with van der Waals surface area (Å²) in [6, 6.07) is 22.3. The number of nitrogens with one attached hydrogen (secondary N) is 1. The molecule has 4 aromatic carbocycles. The summed E-state index contributed by atoms with van der Waals surface area (Å²) in [5.41, 5.74) is 2.33.